The second-order valence-electron chi connectivity index (χ2n) is 7.14. The highest BCUT2D eigenvalue weighted by Gasteiger charge is 2.50. The number of halogens is 2. The van der Waals surface area contributed by atoms with Gasteiger partial charge in [-0.3, -0.25) is 4.79 Å². The zero-order valence-electron chi connectivity index (χ0n) is 16.6. The molecule has 4 rings (SSSR count). The molecule has 3 aromatic carbocycles. The van der Waals surface area contributed by atoms with Crippen LogP contribution >= 0.6 is 11.6 Å². The maximum absolute atomic E-state index is 13.3. The molecule has 1 aliphatic heterocycles. The number of hydrogen-bond acceptors (Lipinski definition) is 4. The number of carbonyl (C=O) groups is 2. The Kier molecular flexibility index (Phi) is 5.91. The molecule has 0 aromatic heterocycles. The molecule has 0 aliphatic carbocycles. The predicted octanol–water partition coefficient (Wildman–Crippen LogP) is 4.80. The van der Waals surface area contributed by atoms with Crippen LogP contribution in [0.15, 0.2) is 72.8 Å². The van der Waals surface area contributed by atoms with Crippen molar-refractivity contribution in [1.29, 1.82) is 0 Å². The van der Waals surface area contributed by atoms with Crippen LogP contribution in [-0.4, -0.2) is 30.0 Å². The number of β-lactam (4-membered cyclic amide) rings is 1. The summed E-state index contributed by atoms with van der Waals surface area (Å²) in [6.07, 6.45) is -0.731. The van der Waals surface area contributed by atoms with Gasteiger partial charge in [0.2, 0.25) is 6.10 Å². The molecule has 0 spiro atoms. The summed E-state index contributed by atoms with van der Waals surface area (Å²) in [4.78, 5) is 26.3. The maximum Gasteiger partial charge on any atom is 0.337 e. The van der Waals surface area contributed by atoms with Gasteiger partial charge in [-0.1, -0.05) is 35.9 Å². The Balaban J connectivity index is 1.61. The number of rotatable bonds is 6. The zero-order valence-corrected chi connectivity index (χ0v) is 17.4. The first-order chi connectivity index (χ1) is 15.0. The van der Waals surface area contributed by atoms with Gasteiger partial charge in [-0.2, -0.15) is 0 Å². The van der Waals surface area contributed by atoms with E-state index < -0.39 is 12.1 Å². The molecule has 1 heterocycles. The van der Waals surface area contributed by atoms with Crippen molar-refractivity contribution < 1.29 is 23.5 Å². The minimum Gasteiger partial charge on any atom is -0.478 e. The third kappa shape index (κ3) is 4.39. The van der Waals surface area contributed by atoms with E-state index >= 15 is 0 Å². The lowest BCUT2D eigenvalue weighted by Crippen LogP contribution is -2.60. The van der Waals surface area contributed by atoms with Crippen LogP contribution in [-0.2, 0) is 16.1 Å². The molecule has 158 valence electrons. The molecule has 3 aromatic rings. The molecule has 0 N–H and O–H groups in total. The summed E-state index contributed by atoms with van der Waals surface area (Å²) in [5, 5.41) is 0.570. The molecular weight excluding hydrogens is 421 g/mol. The van der Waals surface area contributed by atoms with Gasteiger partial charge < -0.3 is 14.4 Å². The summed E-state index contributed by atoms with van der Waals surface area (Å²) in [6, 6.07) is 19.3. The quantitative estimate of drug-likeness (QED) is 0.409. The largest absolute Gasteiger partial charge is 0.478 e. The number of methoxy groups -OCH3 is 1. The van der Waals surface area contributed by atoms with Crippen molar-refractivity contribution >= 4 is 23.5 Å². The monoisotopic (exact) mass is 439 g/mol. The van der Waals surface area contributed by atoms with E-state index in [-0.39, 0.29) is 17.8 Å². The van der Waals surface area contributed by atoms with Crippen molar-refractivity contribution in [1.82, 2.24) is 4.90 Å². The smallest absolute Gasteiger partial charge is 0.337 e. The van der Waals surface area contributed by atoms with Gasteiger partial charge in [0.25, 0.3) is 5.91 Å². The molecule has 0 unspecified atom stereocenters. The molecule has 1 aliphatic rings. The summed E-state index contributed by atoms with van der Waals surface area (Å²) in [6.45, 7) is 0.309. The zero-order chi connectivity index (χ0) is 22.0. The second-order valence-corrected chi connectivity index (χ2v) is 7.58. The fourth-order valence-corrected chi connectivity index (χ4v) is 3.67. The van der Waals surface area contributed by atoms with Crippen LogP contribution in [0.3, 0.4) is 0 Å². The lowest BCUT2D eigenvalue weighted by Gasteiger charge is -2.47. The maximum atomic E-state index is 13.3. The number of esters is 1. The first-order valence-corrected chi connectivity index (χ1v) is 9.99. The number of amides is 1. The molecule has 1 amide bonds. The molecule has 2 atom stereocenters. The van der Waals surface area contributed by atoms with Gasteiger partial charge in [0.1, 0.15) is 17.6 Å². The molecule has 0 saturated carbocycles. The number of carbonyl (C=O) groups excluding carboxylic acids is 2. The van der Waals surface area contributed by atoms with Crippen LogP contribution in [0.2, 0.25) is 5.02 Å². The van der Waals surface area contributed by atoms with E-state index in [2.05, 4.69) is 0 Å². The summed E-state index contributed by atoms with van der Waals surface area (Å²) in [5.41, 5.74) is 2.03. The fraction of sp³-hybridized carbons (Fsp3) is 0.167. The van der Waals surface area contributed by atoms with E-state index in [9.17, 15) is 14.0 Å². The van der Waals surface area contributed by atoms with E-state index in [1.54, 1.807) is 65.6 Å². The first-order valence-electron chi connectivity index (χ1n) is 9.61. The van der Waals surface area contributed by atoms with Gasteiger partial charge in [0.05, 0.1) is 12.7 Å². The van der Waals surface area contributed by atoms with Gasteiger partial charge in [-0.25, -0.2) is 9.18 Å². The lowest BCUT2D eigenvalue weighted by molar-refractivity contribution is -0.165. The SMILES string of the molecule is COC(=O)c1ccc([C@H]2[C@@H](Oc3ccc(Cl)cc3)C(=O)N2Cc2ccc(F)cc2)cc1. The molecule has 0 radical (unpaired) electrons. The van der Waals surface area contributed by atoms with E-state index in [0.29, 0.717) is 22.9 Å². The van der Waals surface area contributed by atoms with E-state index in [0.717, 1.165) is 11.1 Å². The Morgan fingerprint density at radius 3 is 2.26 bits per heavy atom. The lowest BCUT2D eigenvalue weighted by atomic mass is 9.89. The molecule has 1 saturated heterocycles. The minimum atomic E-state index is -0.731. The molecule has 0 bridgehead atoms. The Morgan fingerprint density at radius 1 is 1.00 bits per heavy atom. The third-order valence-electron chi connectivity index (χ3n) is 5.17. The Labute approximate surface area is 184 Å². The summed E-state index contributed by atoms with van der Waals surface area (Å²) in [7, 11) is 1.32. The van der Waals surface area contributed by atoms with Crippen LogP contribution in [0.25, 0.3) is 0 Å². The van der Waals surface area contributed by atoms with E-state index in [1.807, 2.05) is 0 Å². The molecule has 5 nitrogen and oxygen atoms in total. The standard InChI is InChI=1S/C24H19ClFNO4/c1-30-24(29)17-6-4-16(5-7-17)21-22(31-20-12-8-18(25)9-13-20)23(28)27(21)14-15-2-10-19(26)11-3-15/h2-13,21-22H,14H2,1H3/t21-,22+/m0/s1. The van der Waals surface area contributed by atoms with Crippen LogP contribution in [0.4, 0.5) is 4.39 Å². The van der Waals surface area contributed by atoms with Gasteiger partial charge in [-0.15, -0.1) is 0 Å². The number of benzene rings is 3. The number of likely N-dealkylation sites (tertiary alicyclic amines) is 1. The molecular formula is C24H19ClFNO4. The van der Waals surface area contributed by atoms with Crippen molar-refractivity contribution in [2.24, 2.45) is 0 Å². The van der Waals surface area contributed by atoms with Crippen molar-refractivity contribution in [3.8, 4) is 5.75 Å². The van der Waals surface area contributed by atoms with Gasteiger partial charge >= 0.3 is 5.97 Å². The van der Waals surface area contributed by atoms with E-state index in [4.69, 9.17) is 21.1 Å². The van der Waals surface area contributed by atoms with Crippen molar-refractivity contribution in [3.05, 3.63) is 100 Å². The van der Waals surface area contributed by atoms with Crippen LogP contribution in [0, 0.1) is 5.82 Å². The van der Waals surface area contributed by atoms with Gasteiger partial charge in [-0.05, 0) is 59.7 Å². The molecule has 1 fully saturated rings. The fourth-order valence-electron chi connectivity index (χ4n) is 3.54. The average molecular weight is 440 g/mol. The minimum absolute atomic E-state index is 0.179. The second kappa shape index (κ2) is 8.78. The highest BCUT2D eigenvalue weighted by atomic mass is 35.5. The number of hydrogen-bond donors (Lipinski definition) is 0. The Morgan fingerprint density at radius 2 is 1.65 bits per heavy atom. The van der Waals surface area contributed by atoms with Crippen molar-refractivity contribution in [3.63, 3.8) is 0 Å². The average Bonchev–Trinajstić information content (AvgIpc) is 2.80. The summed E-state index contributed by atoms with van der Waals surface area (Å²) >= 11 is 5.93. The Bertz CT molecular complexity index is 1030. The normalized spacial score (nSPS) is 17.8. The summed E-state index contributed by atoms with van der Waals surface area (Å²) in [5.74, 6) is -0.423. The number of nitrogens with zero attached hydrogens (tertiary/aromatic N) is 1. The first kappa shape index (κ1) is 20.9. The highest BCUT2D eigenvalue weighted by Crippen LogP contribution is 2.39. The van der Waals surface area contributed by atoms with Crippen molar-refractivity contribution in [2.45, 2.75) is 18.7 Å². The molecule has 31 heavy (non-hydrogen) atoms. The third-order valence-corrected chi connectivity index (χ3v) is 5.42. The Hall–Kier alpha value is -3.38. The molecule has 7 heteroatoms. The van der Waals surface area contributed by atoms with Crippen LogP contribution in [0.1, 0.15) is 27.5 Å². The topological polar surface area (TPSA) is 55.8 Å². The summed E-state index contributed by atoms with van der Waals surface area (Å²) < 4.78 is 24.0. The van der Waals surface area contributed by atoms with Gasteiger partial charge in [0, 0.05) is 11.6 Å². The predicted molar refractivity (Wildman–Crippen MR) is 113 cm³/mol. The highest BCUT2D eigenvalue weighted by molar-refractivity contribution is 6.30. The van der Waals surface area contributed by atoms with E-state index in [1.165, 1.54) is 19.2 Å². The van der Waals surface area contributed by atoms with Crippen LogP contribution in [0.5, 0.6) is 5.75 Å². The van der Waals surface area contributed by atoms with Crippen LogP contribution < -0.4 is 4.74 Å². The van der Waals surface area contributed by atoms with Crippen molar-refractivity contribution in [2.75, 3.05) is 7.11 Å². The number of ether oxygens (including phenoxy) is 2. The van der Waals surface area contributed by atoms with Gasteiger partial charge in [0.15, 0.2) is 0 Å².